The average Bonchev–Trinajstić information content (AvgIpc) is 3.25. The van der Waals surface area contributed by atoms with Crippen molar-refractivity contribution in [2.75, 3.05) is 27.3 Å². The van der Waals surface area contributed by atoms with Crippen LogP contribution in [0, 0.1) is 11.8 Å². The number of hydrazine groups is 1. The quantitative estimate of drug-likeness (QED) is 0.895. The molecule has 4 rings (SSSR count). The van der Waals surface area contributed by atoms with Crippen molar-refractivity contribution in [2.45, 2.75) is 50.5 Å². The lowest BCUT2D eigenvalue weighted by molar-refractivity contribution is 0.100. The maximum Gasteiger partial charge on any atom is 0.122 e. The predicted octanol–water partition coefficient (Wildman–Crippen LogP) is 3.58. The first-order valence-corrected chi connectivity index (χ1v) is 9.50. The second-order valence-electron chi connectivity index (χ2n) is 7.78. The Morgan fingerprint density at radius 3 is 2.46 bits per heavy atom. The second kappa shape index (κ2) is 6.93. The second-order valence-corrected chi connectivity index (χ2v) is 7.78. The molecule has 3 atom stereocenters. The molecule has 0 spiro atoms. The number of hydrogen-bond donors (Lipinski definition) is 1. The normalized spacial score (nSPS) is 30.7. The van der Waals surface area contributed by atoms with Crippen LogP contribution in [0.3, 0.4) is 0 Å². The van der Waals surface area contributed by atoms with E-state index in [1.807, 2.05) is 12.1 Å². The molecule has 2 bridgehead atoms. The van der Waals surface area contributed by atoms with E-state index in [9.17, 15) is 0 Å². The Labute approximate surface area is 145 Å². The molecular weight excluding hydrogens is 300 g/mol. The van der Waals surface area contributed by atoms with Crippen LogP contribution in [-0.2, 0) is 0 Å². The number of benzene rings is 1. The van der Waals surface area contributed by atoms with Crippen molar-refractivity contribution in [1.82, 2.24) is 10.4 Å². The third-order valence-electron chi connectivity index (χ3n) is 6.46. The van der Waals surface area contributed by atoms with Gasteiger partial charge in [0, 0.05) is 24.7 Å². The van der Waals surface area contributed by atoms with Gasteiger partial charge in [0.25, 0.3) is 0 Å². The molecule has 24 heavy (non-hydrogen) atoms. The molecule has 1 N–H and O–H groups in total. The number of piperidine rings is 1. The van der Waals surface area contributed by atoms with E-state index in [1.165, 1.54) is 44.1 Å². The molecule has 1 heterocycles. The van der Waals surface area contributed by atoms with E-state index in [4.69, 9.17) is 9.47 Å². The molecule has 0 aromatic heterocycles. The first kappa shape index (κ1) is 16.2. The van der Waals surface area contributed by atoms with Gasteiger partial charge < -0.3 is 9.47 Å². The van der Waals surface area contributed by atoms with E-state index in [1.54, 1.807) is 14.2 Å². The van der Waals surface area contributed by atoms with Crippen LogP contribution < -0.4 is 14.9 Å². The Kier molecular flexibility index (Phi) is 4.68. The van der Waals surface area contributed by atoms with Crippen molar-refractivity contribution in [3.05, 3.63) is 23.8 Å². The molecule has 0 amide bonds. The number of nitrogens with zero attached hydrogens (tertiary/aromatic N) is 1. The first-order valence-electron chi connectivity index (χ1n) is 9.50. The highest BCUT2D eigenvalue weighted by Crippen LogP contribution is 2.45. The topological polar surface area (TPSA) is 33.7 Å². The van der Waals surface area contributed by atoms with Gasteiger partial charge in [0.1, 0.15) is 11.5 Å². The minimum atomic E-state index is 0.563. The van der Waals surface area contributed by atoms with Gasteiger partial charge >= 0.3 is 0 Å². The molecule has 1 aromatic rings. The Balaban J connectivity index is 1.36. The van der Waals surface area contributed by atoms with Gasteiger partial charge in [-0.05, 0) is 68.1 Å². The largest absolute Gasteiger partial charge is 0.497 e. The minimum absolute atomic E-state index is 0.563. The molecule has 1 aliphatic heterocycles. The van der Waals surface area contributed by atoms with Crippen LogP contribution in [0.5, 0.6) is 11.5 Å². The monoisotopic (exact) mass is 330 g/mol. The van der Waals surface area contributed by atoms with Crippen LogP contribution in [-0.4, -0.2) is 38.4 Å². The average molecular weight is 330 g/mol. The number of nitrogens with one attached hydrogen (secondary N) is 1. The summed E-state index contributed by atoms with van der Waals surface area (Å²) in [6, 6.07) is 6.91. The summed E-state index contributed by atoms with van der Waals surface area (Å²) in [5, 5.41) is 2.48. The van der Waals surface area contributed by atoms with Gasteiger partial charge in [0.2, 0.25) is 0 Å². The van der Waals surface area contributed by atoms with E-state index >= 15 is 0 Å². The van der Waals surface area contributed by atoms with E-state index in [2.05, 4.69) is 16.5 Å². The fourth-order valence-electron chi connectivity index (χ4n) is 5.12. The molecule has 132 valence electrons. The minimum Gasteiger partial charge on any atom is -0.497 e. The number of rotatable bonds is 5. The molecule has 1 unspecified atom stereocenters. The summed E-state index contributed by atoms with van der Waals surface area (Å²) in [7, 11) is 3.49. The van der Waals surface area contributed by atoms with Crippen LogP contribution in [0.4, 0.5) is 0 Å². The zero-order valence-electron chi connectivity index (χ0n) is 15.0. The first-order chi connectivity index (χ1) is 11.8. The molecule has 4 heteroatoms. The van der Waals surface area contributed by atoms with Gasteiger partial charge in [-0.25, -0.2) is 5.01 Å². The van der Waals surface area contributed by atoms with Gasteiger partial charge in [-0.2, -0.15) is 0 Å². The number of hydrogen-bond acceptors (Lipinski definition) is 4. The molecule has 3 fully saturated rings. The third-order valence-corrected chi connectivity index (χ3v) is 6.46. The highest BCUT2D eigenvalue weighted by atomic mass is 16.5. The lowest BCUT2D eigenvalue weighted by Gasteiger charge is -2.36. The lowest BCUT2D eigenvalue weighted by atomic mass is 9.89. The molecule has 0 radical (unpaired) electrons. The van der Waals surface area contributed by atoms with E-state index in [-0.39, 0.29) is 0 Å². The van der Waals surface area contributed by atoms with E-state index in [0.717, 1.165) is 42.5 Å². The molecule has 1 saturated heterocycles. The van der Waals surface area contributed by atoms with Crippen molar-refractivity contribution in [3.63, 3.8) is 0 Å². The van der Waals surface area contributed by atoms with Crippen LogP contribution >= 0.6 is 0 Å². The summed E-state index contributed by atoms with van der Waals surface area (Å²) in [5.41, 5.74) is 5.15. The zero-order chi connectivity index (χ0) is 16.5. The predicted molar refractivity (Wildman–Crippen MR) is 95.5 cm³/mol. The van der Waals surface area contributed by atoms with Gasteiger partial charge in [0.15, 0.2) is 0 Å². The summed E-state index contributed by atoms with van der Waals surface area (Å²) >= 11 is 0. The molecule has 1 aromatic carbocycles. The Morgan fingerprint density at radius 1 is 1.00 bits per heavy atom. The van der Waals surface area contributed by atoms with E-state index in [0.29, 0.717) is 5.92 Å². The van der Waals surface area contributed by atoms with Crippen molar-refractivity contribution < 1.29 is 9.47 Å². The highest BCUT2D eigenvalue weighted by Gasteiger charge is 2.40. The van der Waals surface area contributed by atoms with Gasteiger partial charge in [-0.3, -0.25) is 5.43 Å². The van der Waals surface area contributed by atoms with Gasteiger partial charge in [-0.15, -0.1) is 0 Å². The maximum absolute atomic E-state index is 5.58. The van der Waals surface area contributed by atoms with E-state index < -0.39 is 0 Å². The Morgan fingerprint density at radius 2 is 1.83 bits per heavy atom. The fourth-order valence-corrected chi connectivity index (χ4v) is 5.12. The zero-order valence-corrected chi connectivity index (χ0v) is 15.0. The van der Waals surface area contributed by atoms with Crippen molar-refractivity contribution in [2.24, 2.45) is 11.8 Å². The summed E-state index contributed by atoms with van der Waals surface area (Å²) in [5.74, 6) is 4.43. The summed E-state index contributed by atoms with van der Waals surface area (Å²) in [4.78, 5) is 0. The summed E-state index contributed by atoms with van der Waals surface area (Å²) in [6.45, 7) is 2.25. The Bertz CT molecular complexity index is 569. The number of ether oxygens (including phenoxy) is 2. The molecule has 2 aliphatic carbocycles. The molecule has 3 aliphatic rings. The van der Waals surface area contributed by atoms with Crippen LogP contribution in [0.2, 0.25) is 0 Å². The summed E-state index contributed by atoms with van der Waals surface area (Å²) < 4.78 is 11.0. The fraction of sp³-hybridized carbons (Fsp3) is 0.700. The highest BCUT2D eigenvalue weighted by molar-refractivity contribution is 5.42. The molecule has 4 nitrogen and oxygen atoms in total. The van der Waals surface area contributed by atoms with Crippen molar-refractivity contribution in [1.29, 1.82) is 0 Å². The number of methoxy groups -OCH3 is 2. The van der Waals surface area contributed by atoms with Crippen LogP contribution in [0.1, 0.15) is 50.0 Å². The number of fused-ring (bicyclic) bond motifs is 2. The third kappa shape index (κ3) is 3.14. The SMILES string of the molecule is COc1ccc(OC)c(C2CCN(NC3C[C@H]4CC[C@H]3C4)CC2)c1. The standard InChI is InChI=1S/C20H30N2O2/c1-23-17-5-6-20(24-2)18(13-17)15-7-9-22(10-8-15)21-19-12-14-3-4-16(19)11-14/h5-6,13-16,19,21H,3-4,7-12H2,1-2H3/t14-,16-,19?/m0/s1. The molecular formula is C20H30N2O2. The summed E-state index contributed by atoms with van der Waals surface area (Å²) in [6.07, 6.45) is 8.14. The van der Waals surface area contributed by atoms with Gasteiger partial charge in [-0.1, -0.05) is 6.42 Å². The molecule has 2 saturated carbocycles. The maximum atomic E-state index is 5.58. The Hall–Kier alpha value is -1.26. The van der Waals surface area contributed by atoms with Gasteiger partial charge in [0.05, 0.1) is 14.2 Å². The van der Waals surface area contributed by atoms with Crippen LogP contribution in [0.25, 0.3) is 0 Å². The van der Waals surface area contributed by atoms with Crippen molar-refractivity contribution in [3.8, 4) is 11.5 Å². The lowest BCUT2D eigenvalue weighted by Crippen LogP contribution is -2.49. The smallest absolute Gasteiger partial charge is 0.122 e. The van der Waals surface area contributed by atoms with Crippen molar-refractivity contribution >= 4 is 0 Å². The van der Waals surface area contributed by atoms with Crippen LogP contribution in [0.15, 0.2) is 18.2 Å².